The molecule has 0 atom stereocenters. The van der Waals surface area contributed by atoms with Crippen LogP contribution >= 0.6 is 0 Å². The smallest absolute Gasteiger partial charge is 0.244 e. The number of carbonyl (C=O) groups is 2. The summed E-state index contributed by atoms with van der Waals surface area (Å²) in [7, 11) is 0. The summed E-state index contributed by atoms with van der Waals surface area (Å²) in [6.07, 6.45) is 1.07. The molecule has 0 unspecified atom stereocenters. The highest BCUT2D eigenvalue weighted by atomic mass is 16.2. The third-order valence-electron chi connectivity index (χ3n) is 4.27. The van der Waals surface area contributed by atoms with Crippen molar-refractivity contribution in [3.05, 3.63) is 59.2 Å². The predicted octanol–water partition coefficient (Wildman–Crippen LogP) is 3.22. The van der Waals surface area contributed by atoms with Crippen molar-refractivity contribution >= 4 is 23.2 Å². The van der Waals surface area contributed by atoms with Gasteiger partial charge in [-0.1, -0.05) is 30.3 Å². The van der Waals surface area contributed by atoms with E-state index in [1.807, 2.05) is 24.3 Å². The van der Waals surface area contributed by atoms with Crippen molar-refractivity contribution in [2.75, 3.05) is 16.8 Å². The van der Waals surface area contributed by atoms with Crippen LogP contribution in [0.1, 0.15) is 23.1 Å². The molecule has 0 aliphatic carbocycles. The molecule has 0 bridgehead atoms. The molecule has 0 radical (unpaired) electrons. The lowest BCUT2D eigenvalue weighted by Crippen LogP contribution is -2.42. The van der Waals surface area contributed by atoms with E-state index in [0.717, 1.165) is 11.3 Å². The van der Waals surface area contributed by atoms with Gasteiger partial charge in [0.2, 0.25) is 11.8 Å². The molecule has 0 saturated carbocycles. The highest BCUT2D eigenvalue weighted by molar-refractivity contribution is 6.09. The summed E-state index contributed by atoms with van der Waals surface area (Å²) >= 11 is 0. The second-order valence-electron chi connectivity index (χ2n) is 5.96. The fourth-order valence-electron chi connectivity index (χ4n) is 2.80. The van der Waals surface area contributed by atoms with E-state index in [1.54, 1.807) is 4.90 Å². The molecule has 1 heterocycles. The molecule has 1 aliphatic heterocycles. The van der Waals surface area contributed by atoms with E-state index in [4.69, 9.17) is 0 Å². The number of hydrogen-bond acceptors (Lipinski definition) is 2. The van der Waals surface area contributed by atoms with Crippen LogP contribution in [0, 0.1) is 13.8 Å². The first kappa shape index (κ1) is 15.3. The van der Waals surface area contributed by atoms with Crippen LogP contribution in [0.15, 0.2) is 42.5 Å². The number of anilines is 2. The van der Waals surface area contributed by atoms with Crippen LogP contribution in [-0.4, -0.2) is 18.4 Å². The first-order chi connectivity index (χ1) is 11.0. The van der Waals surface area contributed by atoms with Gasteiger partial charge in [0.15, 0.2) is 0 Å². The molecule has 3 rings (SSSR count). The van der Waals surface area contributed by atoms with Crippen molar-refractivity contribution in [3.8, 4) is 0 Å². The van der Waals surface area contributed by atoms with Gasteiger partial charge in [0, 0.05) is 6.42 Å². The summed E-state index contributed by atoms with van der Waals surface area (Å²) in [5.41, 5.74) is 5.11. The number of fused-ring (bicyclic) bond motifs is 1. The number of nitrogens with one attached hydrogen (secondary N) is 1. The lowest BCUT2D eigenvalue weighted by atomic mass is 10.0. The highest BCUT2D eigenvalue weighted by Crippen LogP contribution is 2.29. The zero-order chi connectivity index (χ0) is 16.4. The molecule has 1 aliphatic rings. The molecular formula is C19H20N2O2. The minimum Gasteiger partial charge on any atom is -0.323 e. The van der Waals surface area contributed by atoms with Crippen molar-refractivity contribution < 1.29 is 9.59 Å². The van der Waals surface area contributed by atoms with Crippen LogP contribution in [0.4, 0.5) is 11.4 Å². The maximum Gasteiger partial charge on any atom is 0.244 e. The Morgan fingerprint density at radius 2 is 1.91 bits per heavy atom. The lowest BCUT2D eigenvalue weighted by molar-refractivity contribution is -0.121. The van der Waals surface area contributed by atoms with Crippen LogP contribution in [0.2, 0.25) is 0 Å². The van der Waals surface area contributed by atoms with E-state index in [-0.39, 0.29) is 18.4 Å². The van der Waals surface area contributed by atoms with E-state index < -0.39 is 0 Å². The topological polar surface area (TPSA) is 49.4 Å². The van der Waals surface area contributed by atoms with Gasteiger partial charge in [-0.05, 0) is 49.1 Å². The molecule has 2 amide bonds. The van der Waals surface area contributed by atoms with Crippen molar-refractivity contribution in [1.29, 1.82) is 0 Å². The van der Waals surface area contributed by atoms with E-state index >= 15 is 0 Å². The predicted molar refractivity (Wildman–Crippen MR) is 91.7 cm³/mol. The largest absolute Gasteiger partial charge is 0.323 e. The van der Waals surface area contributed by atoms with Crippen LogP contribution < -0.4 is 10.2 Å². The molecule has 0 spiro atoms. The van der Waals surface area contributed by atoms with Crippen molar-refractivity contribution in [1.82, 2.24) is 0 Å². The van der Waals surface area contributed by atoms with E-state index in [2.05, 4.69) is 37.4 Å². The average Bonchev–Trinajstić information content (AvgIpc) is 2.54. The van der Waals surface area contributed by atoms with Crippen molar-refractivity contribution in [2.45, 2.75) is 26.7 Å². The van der Waals surface area contributed by atoms with Crippen LogP contribution in [0.3, 0.4) is 0 Å². The Morgan fingerprint density at radius 1 is 1.13 bits per heavy atom. The first-order valence-corrected chi connectivity index (χ1v) is 7.80. The number of amides is 2. The molecule has 2 aromatic carbocycles. The van der Waals surface area contributed by atoms with Crippen LogP contribution in [-0.2, 0) is 16.0 Å². The number of carbonyl (C=O) groups excluding carboxylic acids is 2. The van der Waals surface area contributed by atoms with Gasteiger partial charge < -0.3 is 10.2 Å². The Bertz CT molecular complexity index is 768. The minimum atomic E-state index is -0.150. The summed E-state index contributed by atoms with van der Waals surface area (Å²) in [4.78, 5) is 25.9. The summed E-state index contributed by atoms with van der Waals surface area (Å²) in [6, 6.07) is 13.7. The van der Waals surface area contributed by atoms with Gasteiger partial charge in [0.25, 0.3) is 0 Å². The quantitative estimate of drug-likeness (QED) is 0.946. The van der Waals surface area contributed by atoms with Crippen LogP contribution in [0.25, 0.3) is 0 Å². The molecule has 118 valence electrons. The van der Waals surface area contributed by atoms with Crippen molar-refractivity contribution in [3.63, 3.8) is 0 Å². The van der Waals surface area contributed by atoms with Gasteiger partial charge in [-0.3, -0.25) is 9.59 Å². The first-order valence-electron chi connectivity index (χ1n) is 7.80. The number of benzene rings is 2. The standard InChI is InChI=1S/C19H20N2O2/c1-13-7-8-15(11-14(13)2)9-10-19(23)21-12-18(22)20-16-5-3-4-6-17(16)21/h3-8,11H,9-10,12H2,1-2H3,(H,20,22). The Balaban J connectivity index is 1.73. The highest BCUT2D eigenvalue weighted by Gasteiger charge is 2.26. The van der Waals surface area contributed by atoms with E-state index in [0.29, 0.717) is 18.5 Å². The Labute approximate surface area is 136 Å². The molecule has 0 fully saturated rings. The number of para-hydroxylation sites is 2. The second kappa shape index (κ2) is 6.24. The second-order valence-corrected chi connectivity index (χ2v) is 5.96. The third-order valence-corrected chi connectivity index (χ3v) is 4.27. The summed E-state index contributed by atoms with van der Waals surface area (Å²) in [5, 5.41) is 2.80. The number of rotatable bonds is 3. The SMILES string of the molecule is Cc1ccc(CCC(=O)N2CC(=O)Nc3ccccc32)cc1C. The monoisotopic (exact) mass is 308 g/mol. The summed E-state index contributed by atoms with van der Waals surface area (Å²) in [5.74, 6) is -0.172. The molecule has 4 heteroatoms. The summed E-state index contributed by atoms with van der Waals surface area (Å²) in [6.45, 7) is 4.24. The minimum absolute atomic E-state index is 0.0227. The number of nitrogens with zero attached hydrogens (tertiary/aromatic N) is 1. The van der Waals surface area contributed by atoms with E-state index in [9.17, 15) is 9.59 Å². The molecule has 23 heavy (non-hydrogen) atoms. The normalized spacial score (nSPS) is 13.5. The zero-order valence-electron chi connectivity index (χ0n) is 13.4. The average molecular weight is 308 g/mol. The molecule has 0 saturated heterocycles. The molecule has 4 nitrogen and oxygen atoms in total. The van der Waals surface area contributed by atoms with Gasteiger partial charge in [-0.2, -0.15) is 0 Å². The molecule has 0 aromatic heterocycles. The Kier molecular flexibility index (Phi) is 4.15. The van der Waals surface area contributed by atoms with Gasteiger partial charge >= 0.3 is 0 Å². The van der Waals surface area contributed by atoms with Gasteiger partial charge in [-0.25, -0.2) is 0 Å². The van der Waals surface area contributed by atoms with Crippen LogP contribution in [0.5, 0.6) is 0 Å². The van der Waals surface area contributed by atoms with Gasteiger partial charge in [-0.15, -0.1) is 0 Å². The Morgan fingerprint density at radius 3 is 2.70 bits per heavy atom. The van der Waals surface area contributed by atoms with E-state index in [1.165, 1.54) is 11.1 Å². The zero-order valence-corrected chi connectivity index (χ0v) is 13.4. The lowest BCUT2D eigenvalue weighted by Gasteiger charge is -2.29. The maximum absolute atomic E-state index is 12.6. The van der Waals surface area contributed by atoms with Gasteiger partial charge in [0.1, 0.15) is 6.54 Å². The molecule has 2 aromatic rings. The van der Waals surface area contributed by atoms with Crippen molar-refractivity contribution in [2.24, 2.45) is 0 Å². The Hall–Kier alpha value is -2.62. The summed E-state index contributed by atoms with van der Waals surface area (Å²) < 4.78 is 0. The molecule has 1 N–H and O–H groups in total. The number of aryl methyl sites for hydroxylation is 3. The fourth-order valence-corrected chi connectivity index (χ4v) is 2.80. The maximum atomic E-state index is 12.6. The molecular weight excluding hydrogens is 288 g/mol. The number of hydrogen-bond donors (Lipinski definition) is 1. The van der Waals surface area contributed by atoms with Gasteiger partial charge in [0.05, 0.1) is 11.4 Å². The fraction of sp³-hybridized carbons (Fsp3) is 0.263. The third kappa shape index (κ3) is 3.26.